The summed E-state index contributed by atoms with van der Waals surface area (Å²) < 4.78 is 9.67. The van der Waals surface area contributed by atoms with Gasteiger partial charge in [-0.3, -0.25) is 9.59 Å². The van der Waals surface area contributed by atoms with Crippen molar-refractivity contribution >= 4 is 45.9 Å². The van der Waals surface area contributed by atoms with Crippen molar-refractivity contribution in [3.8, 4) is 22.5 Å². The van der Waals surface area contributed by atoms with Gasteiger partial charge in [0.05, 0.1) is 43.9 Å². The predicted octanol–water partition coefficient (Wildman–Crippen LogP) is 6.54. The highest BCUT2D eigenvalue weighted by molar-refractivity contribution is 5.91. The third-order valence-electron chi connectivity index (χ3n) is 12.8. The minimum atomic E-state index is -0.606. The molecule has 9 rings (SSSR count). The van der Waals surface area contributed by atoms with Crippen LogP contribution in [0.15, 0.2) is 54.7 Å². The Kier molecular flexibility index (Phi) is 10.2. The molecule has 2 aliphatic heterocycles. The van der Waals surface area contributed by atoms with Crippen LogP contribution in [0.4, 0.5) is 9.59 Å². The lowest BCUT2D eigenvalue weighted by Crippen LogP contribution is -2.53. The molecule has 2 aliphatic carbocycles. The number of benzene rings is 2. The molecule has 0 radical (unpaired) electrons. The van der Waals surface area contributed by atoms with Crippen molar-refractivity contribution in [3.63, 3.8) is 0 Å². The summed E-state index contributed by atoms with van der Waals surface area (Å²) in [5.41, 5.74) is 5.00. The van der Waals surface area contributed by atoms with Crippen LogP contribution >= 0.6 is 0 Å². The molecule has 5 heterocycles. The Hall–Kier alpha value is -5.99. The monoisotopic (exact) mass is 787 g/mol. The summed E-state index contributed by atoms with van der Waals surface area (Å²) in [6, 6.07) is 14.9. The number of H-pyrrole nitrogens is 2. The molecule has 4 fully saturated rings. The zero-order valence-corrected chi connectivity index (χ0v) is 32.8. The summed E-state index contributed by atoms with van der Waals surface area (Å²) in [4.78, 5) is 77.0. The number of methoxy groups -OCH3 is 2. The van der Waals surface area contributed by atoms with Gasteiger partial charge in [-0.1, -0.05) is 37.1 Å². The number of aromatic amines is 2. The molecule has 2 aromatic carbocycles. The number of carbonyl (C=O) groups excluding carboxylic acids is 4. The molecule has 15 heteroatoms. The van der Waals surface area contributed by atoms with Crippen LogP contribution in [0, 0.1) is 11.8 Å². The standard InChI is InChI=1S/C43H49N9O6/c1-57-42(55)48-35(24-7-3-8-24)40(53)51-19-5-11-33(51)38-44-23-32(47-38)29-16-14-26-21-28(15-13-27(26)22-29)30-17-18-31-37(45-30)50-39(46-31)34-12-6-20-52(34)41(54)36(25-9-4-10-25)49-43(56)58-2/h13-18,21-25,33-36H,3-12,19-20H2,1-2H3,(H,44,47)(H,48,55)(H,49,56)(H,45,46,50)/t33-,34-,35-,36-/m0/s1. The molecule has 4 aliphatic rings. The minimum Gasteiger partial charge on any atom is -0.453 e. The van der Waals surface area contributed by atoms with Crippen LogP contribution in [-0.2, 0) is 19.1 Å². The SMILES string of the molecule is COC(=O)N[C@H](C(=O)N1CCC[C@H]1c1ncc(-c2ccc3cc(-c4ccc5nc([C@@H]6CCCN6C(=O)[C@@H](NC(=O)OC)C6CCC6)[nH]c5n4)ccc3c2)[nH]1)C1CCC1. The number of pyridine rings is 1. The summed E-state index contributed by atoms with van der Waals surface area (Å²) in [5.74, 6) is 1.51. The van der Waals surface area contributed by atoms with Crippen LogP contribution in [0.1, 0.15) is 87.9 Å². The molecule has 2 saturated heterocycles. The fourth-order valence-corrected chi connectivity index (χ4v) is 9.12. The maximum absolute atomic E-state index is 13.8. The highest BCUT2D eigenvalue weighted by Gasteiger charge is 2.43. The zero-order valence-electron chi connectivity index (χ0n) is 32.8. The first-order valence-corrected chi connectivity index (χ1v) is 20.5. The Morgan fingerprint density at radius 3 is 1.81 bits per heavy atom. The van der Waals surface area contributed by atoms with Crippen LogP contribution in [0.5, 0.6) is 0 Å². The molecule has 302 valence electrons. The number of carbonyl (C=O) groups is 4. The number of amides is 4. The first kappa shape index (κ1) is 37.6. The molecule has 3 aromatic heterocycles. The van der Waals surface area contributed by atoms with E-state index in [1.54, 1.807) is 0 Å². The van der Waals surface area contributed by atoms with E-state index in [4.69, 9.17) is 24.4 Å². The average molecular weight is 788 g/mol. The van der Waals surface area contributed by atoms with Gasteiger partial charge in [0, 0.05) is 24.2 Å². The van der Waals surface area contributed by atoms with Gasteiger partial charge in [0.15, 0.2) is 5.65 Å². The molecule has 2 saturated carbocycles. The van der Waals surface area contributed by atoms with E-state index in [1.165, 1.54) is 14.2 Å². The number of nitrogens with zero attached hydrogens (tertiary/aromatic N) is 5. The van der Waals surface area contributed by atoms with Crippen molar-refractivity contribution in [2.75, 3.05) is 27.3 Å². The number of imidazole rings is 2. The van der Waals surface area contributed by atoms with E-state index in [9.17, 15) is 19.2 Å². The molecular weight excluding hydrogens is 739 g/mol. The number of likely N-dealkylation sites (tertiary alicyclic amines) is 2. The molecule has 4 amide bonds. The van der Waals surface area contributed by atoms with Gasteiger partial charge in [0.25, 0.3) is 0 Å². The van der Waals surface area contributed by atoms with Gasteiger partial charge in [-0.15, -0.1) is 0 Å². The summed E-state index contributed by atoms with van der Waals surface area (Å²) in [6.45, 7) is 1.22. The average Bonchev–Trinajstić information content (AvgIpc) is 4.04. The predicted molar refractivity (Wildman–Crippen MR) is 215 cm³/mol. The summed E-state index contributed by atoms with van der Waals surface area (Å²) in [7, 11) is 2.63. The molecular formula is C43H49N9O6. The second-order valence-corrected chi connectivity index (χ2v) is 16.1. The van der Waals surface area contributed by atoms with Gasteiger partial charge in [-0.05, 0) is 98.2 Å². The number of hydrogen-bond acceptors (Lipinski definition) is 9. The third kappa shape index (κ3) is 7.11. The highest BCUT2D eigenvalue weighted by Crippen LogP contribution is 2.38. The first-order chi connectivity index (χ1) is 28.3. The molecule has 4 N–H and O–H groups in total. The lowest BCUT2D eigenvalue weighted by Gasteiger charge is -2.36. The van der Waals surface area contributed by atoms with E-state index in [0.29, 0.717) is 24.6 Å². The molecule has 5 aromatic rings. The maximum Gasteiger partial charge on any atom is 0.407 e. The lowest BCUT2D eigenvalue weighted by molar-refractivity contribution is -0.137. The first-order valence-electron chi connectivity index (χ1n) is 20.5. The summed E-state index contributed by atoms with van der Waals surface area (Å²) >= 11 is 0. The second-order valence-electron chi connectivity index (χ2n) is 16.1. The summed E-state index contributed by atoms with van der Waals surface area (Å²) in [6.07, 6.45) is 9.68. The van der Waals surface area contributed by atoms with Crippen LogP contribution in [-0.4, -0.2) is 98.1 Å². The van der Waals surface area contributed by atoms with Crippen molar-refractivity contribution in [1.82, 2.24) is 45.4 Å². The van der Waals surface area contributed by atoms with Gasteiger partial charge >= 0.3 is 12.2 Å². The fraction of sp³-hybridized carbons (Fsp3) is 0.465. The minimum absolute atomic E-state index is 0.0744. The summed E-state index contributed by atoms with van der Waals surface area (Å²) in [5, 5.41) is 7.72. The Labute approximate surface area is 335 Å². The molecule has 15 nitrogen and oxygen atoms in total. The molecule has 58 heavy (non-hydrogen) atoms. The molecule has 4 atom stereocenters. The Morgan fingerprint density at radius 2 is 1.24 bits per heavy atom. The van der Waals surface area contributed by atoms with Crippen molar-refractivity contribution in [3.05, 3.63) is 66.4 Å². The van der Waals surface area contributed by atoms with Gasteiger partial charge in [-0.2, -0.15) is 0 Å². The normalized spacial score (nSPS) is 20.7. The van der Waals surface area contributed by atoms with Crippen molar-refractivity contribution in [2.24, 2.45) is 11.8 Å². The van der Waals surface area contributed by atoms with Crippen LogP contribution in [0.3, 0.4) is 0 Å². The Balaban J connectivity index is 0.903. The van der Waals surface area contributed by atoms with Gasteiger partial charge in [0.2, 0.25) is 11.8 Å². The van der Waals surface area contributed by atoms with E-state index < -0.39 is 24.3 Å². The smallest absolute Gasteiger partial charge is 0.407 e. The zero-order chi connectivity index (χ0) is 39.9. The second kappa shape index (κ2) is 15.7. The number of aromatic nitrogens is 5. The number of fused-ring (bicyclic) bond motifs is 2. The lowest BCUT2D eigenvalue weighted by atomic mass is 9.79. The Morgan fingerprint density at radius 1 is 0.672 bits per heavy atom. The van der Waals surface area contributed by atoms with E-state index in [-0.39, 0.29) is 35.7 Å². The van der Waals surface area contributed by atoms with Gasteiger partial charge < -0.3 is 39.9 Å². The highest BCUT2D eigenvalue weighted by atomic mass is 16.5. The van der Waals surface area contributed by atoms with Gasteiger partial charge in [0.1, 0.15) is 29.2 Å². The molecule has 0 bridgehead atoms. The number of nitrogens with one attached hydrogen (secondary N) is 4. The van der Waals surface area contributed by atoms with E-state index in [2.05, 4.69) is 57.0 Å². The number of rotatable bonds is 10. The van der Waals surface area contributed by atoms with E-state index >= 15 is 0 Å². The number of alkyl carbamates (subject to hydrolysis) is 2. The van der Waals surface area contributed by atoms with Crippen molar-refractivity contribution < 1.29 is 28.7 Å². The topological polar surface area (TPSA) is 188 Å². The Bertz CT molecular complexity index is 2370. The van der Waals surface area contributed by atoms with Crippen molar-refractivity contribution in [1.29, 1.82) is 0 Å². The largest absolute Gasteiger partial charge is 0.453 e. The van der Waals surface area contributed by atoms with Crippen LogP contribution in [0.25, 0.3) is 44.5 Å². The van der Waals surface area contributed by atoms with E-state index in [1.807, 2.05) is 28.1 Å². The fourth-order valence-electron chi connectivity index (χ4n) is 9.12. The number of ether oxygens (including phenoxy) is 2. The van der Waals surface area contributed by atoms with E-state index in [0.717, 1.165) is 109 Å². The van der Waals surface area contributed by atoms with Crippen LogP contribution in [0.2, 0.25) is 0 Å². The number of hydrogen-bond donors (Lipinski definition) is 4. The molecule has 0 unspecified atom stereocenters. The maximum atomic E-state index is 13.8. The quantitative estimate of drug-likeness (QED) is 0.122. The van der Waals surface area contributed by atoms with Gasteiger partial charge in [-0.25, -0.2) is 24.5 Å². The third-order valence-corrected chi connectivity index (χ3v) is 12.8. The molecule has 0 spiro atoms. The van der Waals surface area contributed by atoms with Crippen molar-refractivity contribution in [2.45, 2.75) is 88.4 Å². The van der Waals surface area contributed by atoms with Crippen LogP contribution < -0.4 is 10.6 Å².